The Morgan fingerprint density at radius 1 is 1.03 bits per heavy atom. The largest absolute Gasteiger partial charge is 0.474 e. The van der Waals surface area contributed by atoms with Gasteiger partial charge in [-0.15, -0.1) is 0 Å². The number of carbonyl (C=O) groups excluding carboxylic acids is 2. The predicted octanol–water partition coefficient (Wildman–Crippen LogP) is 3.42. The van der Waals surface area contributed by atoms with Gasteiger partial charge >= 0.3 is 18.0 Å². The molecule has 29 heavy (non-hydrogen) atoms. The van der Waals surface area contributed by atoms with Gasteiger partial charge in [-0.1, -0.05) is 60.1 Å². The predicted molar refractivity (Wildman–Crippen MR) is 107 cm³/mol. The van der Waals surface area contributed by atoms with E-state index in [4.69, 9.17) is 21.4 Å². The second-order valence-corrected chi connectivity index (χ2v) is 6.51. The average Bonchev–Trinajstić information content (AvgIpc) is 2.73. The van der Waals surface area contributed by atoms with Gasteiger partial charge in [0.2, 0.25) is 0 Å². The highest BCUT2D eigenvalue weighted by Gasteiger charge is 2.29. The van der Waals surface area contributed by atoms with Crippen LogP contribution in [0.25, 0.3) is 5.70 Å². The number of nitrogens with zero attached hydrogens (tertiary/aromatic N) is 1. The molecule has 3 rings (SSSR count). The van der Waals surface area contributed by atoms with E-state index in [1.807, 2.05) is 30.3 Å². The van der Waals surface area contributed by atoms with E-state index in [9.17, 15) is 14.4 Å². The van der Waals surface area contributed by atoms with Gasteiger partial charge in [0.05, 0.1) is 12.2 Å². The van der Waals surface area contributed by atoms with Crippen LogP contribution in [0, 0.1) is 0 Å². The maximum atomic E-state index is 12.2. The molecule has 0 unspecified atom stereocenters. The number of allylic oxidation sites excluding steroid dienone is 2. The Morgan fingerprint density at radius 2 is 1.72 bits per heavy atom. The fourth-order valence-electron chi connectivity index (χ4n) is 2.75. The van der Waals surface area contributed by atoms with Gasteiger partial charge in [-0.05, 0) is 23.8 Å². The number of aliphatic carboxylic acids is 1. The molecule has 2 N–H and O–H groups in total. The highest BCUT2D eigenvalue weighted by molar-refractivity contribution is 6.34. The summed E-state index contributed by atoms with van der Waals surface area (Å²) in [6.45, 7) is -0.0684. The second kappa shape index (κ2) is 9.07. The SMILES string of the molecule is O=C(NC1=CC=C(c2ccccc2Cl)N(C(=O)C(=O)O)C1)OCc1ccccc1. The van der Waals surface area contributed by atoms with Gasteiger partial charge in [-0.25, -0.2) is 9.59 Å². The van der Waals surface area contributed by atoms with Gasteiger partial charge in [0, 0.05) is 16.3 Å². The Balaban J connectivity index is 1.76. The van der Waals surface area contributed by atoms with E-state index < -0.39 is 18.0 Å². The molecule has 0 saturated carbocycles. The topological polar surface area (TPSA) is 95.9 Å². The number of carbonyl (C=O) groups is 3. The van der Waals surface area contributed by atoms with Gasteiger partial charge in [-0.3, -0.25) is 15.0 Å². The Hall–Kier alpha value is -3.58. The van der Waals surface area contributed by atoms with Crippen LogP contribution in [-0.4, -0.2) is 34.5 Å². The Labute approximate surface area is 171 Å². The van der Waals surface area contributed by atoms with Gasteiger partial charge in [0.15, 0.2) is 0 Å². The highest BCUT2D eigenvalue weighted by Crippen LogP contribution is 2.29. The summed E-state index contributed by atoms with van der Waals surface area (Å²) in [6.07, 6.45) is 2.39. The van der Waals surface area contributed by atoms with Crippen molar-refractivity contribution >= 4 is 35.3 Å². The summed E-state index contributed by atoms with van der Waals surface area (Å²) in [7, 11) is 0. The first-order valence-corrected chi connectivity index (χ1v) is 9.01. The minimum atomic E-state index is -1.61. The Morgan fingerprint density at radius 3 is 2.41 bits per heavy atom. The molecule has 0 aromatic heterocycles. The van der Waals surface area contributed by atoms with Crippen LogP contribution in [0.4, 0.5) is 4.79 Å². The van der Waals surface area contributed by atoms with Crippen LogP contribution >= 0.6 is 11.6 Å². The molecule has 0 atom stereocenters. The number of hydrogen-bond acceptors (Lipinski definition) is 4. The van der Waals surface area contributed by atoms with Gasteiger partial charge < -0.3 is 9.84 Å². The summed E-state index contributed by atoms with van der Waals surface area (Å²) >= 11 is 6.19. The lowest BCUT2D eigenvalue weighted by Gasteiger charge is -2.28. The maximum Gasteiger partial charge on any atom is 0.411 e. The molecule has 2 amide bonds. The number of carboxylic acids is 1. The first-order valence-electron chi connectivity index (χ1n) is 8.64. The average molecular weight is 413 g/mol. The first-order chi connectivity index (χ1) is 14.0. The van der Waals surface area contributed by atoms with Crippen molar-refractivity contribution in [2.45, 2.75) is 6.61 Å². The number of carboxylic acid groups (broad SMARTS) is 1. The lowest BCUT2D eigenvalue weighted by molar-refractivity contribution is -0.153. The summed E-state index contributed by atoms with van der Waals surface area (Å²) in [6, 6.07) is 15.9. The molecule has 0 radical (unpaired) electrons. The van der Waals surface area contributed by atoms with E-state index in [1.165, 1.54) is 6.08 Å². The molecule has 1 aliphatic heterocycles. The Bertz CT molecular complexity index is 1000. The van der Waals surface area contributed by atoms with E-state index in [2.05, 4.69) is 5.32 Å². The molecule has 2 aromatic carbocycles. The highest BCUT2D eigenvalue weighted by atomic mass is 35.5. The van der Waals surface area contributed by atoms with Crippen LogP contribution in [-0.2, 0) is 20.9 Å². The van der Waals surface area contributed by atoms with Gasteiger partial charge in [-0.2, -0.15) is 0 Å². The molecule has 1 heterocycles. The van der Waals surface area contributed by atoms with Crippen molar-refractivity contribution in [3.8, 4) is 0 Å². The Kier molecular flexibility index (Phi) is 6.31. The van der Waals surface area contributed by atoms with Crippen LogP contribution in [0.5, 0.6) is 0 Å². The molecule has 2 aromatic rings. The molecule has 0 bridgehead atoms. The number of rotatable bonds is 4. The number of alkyl carbamates (subject to hydrolysis) is 1. The molecule has 1 aliphatic rings. The second-order valence-electron chi connectivity index (χ2n) is 6.11. The van der Waals surface area contributed by atoms with Crippen LogP contribution in [0.15, 0.2) is 72.4 Å². The van der Waals surface area contributed by atoms with E-state index in [1.54, 1.807) is 30.3 Å². The lowest BCUT2D eigenvalue weighted by atomic mass is 10.1. The molecule has 0 aliphatic carbocycles. The zero-order valence-electron chi connectivity index (χ0n) is 15.2. The third-order valence-electron chi connectivity index (χ3n) is 4.11. The third kappa shape index (κ3) is 5.03. The number of halogens is 1. The molecular weight excluding hydrogens is 396 g/mol. The quantitative estimate of drug-likeness (QED) is 0.750. The van der Waals surface area contributed by atoms with Crippen molar-refractivity contribution in [1.29, 1.82) is 0 Å². The minimum absolute atomic E-state index is 0.0818. The van der Waals surface area contributed by atoms with E-state index in [0.717, 1.165) is 10.5 Å². The van der Waals surface area contributed by atoms with Crippen LogP contribution < -0.4 is 5.32 Å². The number of nitrogens with one attached hydrogen (secondary N) is 1. The molecule has 0 fully saturated rings. The zero-order chi connectivity index (χ0) is 20.8. The summed E-state index contributed by atoms with van der Waals surface area (Å²) < 4.78 is 5.15. The fourth-order valence-corrected chi connectivity index (χ4v) is 2.98. The first kappa shape index (κ1) is 20.2. The molecular formula is C21H17ClN2O5. The number of ether oxygens (including phenoxy) is 1. The fraction of sp³-hybridized carbons (Fsp3) is 0.0952. The van der Waals surface area contributed by atoms with Crippen LogP contribution in [0.2, 0.25) is 5.02 Å². The van der Waals surface area contributed by atoms with Crippen molar-refractivity contribution < 1.29 is 24.2 Å². The van der Waals surface area contributed by atoms with E-state index in [-0.39, 0.29) is 13.2 Å². The normalized spacial score (nSPS) is 13.2. The van der Waals surface area contributed by atoms with Crippen molar-refractivity contribution in [2.75, 3.05) is 6.54 Å². The molecule has 7 nitrogen and oxygen atoms in total. The molecule has 0 saturated heterocycles. The zero-order valence-corrected chi connectivity index (χ0v) is 15.9. The third-order valence-corrected chi connectivity index (χ3v) is 4.44. The summed E-state index contributed by atoms with van der Waals surface area (Å²) in [5.74, 6) is -2.75. The van der Waals surface area contributed by atoms with Crippen LogP contribution in [0.3, 0.4) is 0 Å². The number of hydrogen-bond donors (Lipinski definition) is 2. The lowest BCUT2D eigenvalue weighted by Crippen LogP contribution is -2.41. The van der Waals surface area contributed by atoms with Crippen LogP contribution in [0.1, 0.15) is 11.1 Å². The molecule has 8 heteroatoms. The van der Waals surface area contributed by atoms with E-state index in [0.29, 0.717) is 22.0 Å². The monoisotopic (exact) mass is 412 g/mol. The minimum Gasteiger partial charge on any atom is -0.474 e. The van der Waals surface area contributed by atoms with Crippen molar-refractivity contribution in [3.05, 3.63) is 88.6 Å². The number of benzene rings is 2. The maximum absolute atomic E-state index is 12.2. The number of amides is 2. The molecule has 0 spiro atoms. The van der Waals surface area contributed by atoms with Crippen molar-refractivity contribution in [2.24, 2.45) is 0 Å². The smallest absolute Gasteiger partial charge is 0.411 e. The standard InChI is InChI=1S/C21H17ClN2O5/c22-17-9-5-4-8-16(17)18-11-10-15(12-24(18)19(25)20(26)27)23-21(28)29-13-14-6-2-1-3-7-14/h1-11H,12-13H2,(H,23,28)(H,26,27). The van der Waals surface area contributed by atoms with Crippen molar-refractivity contribution in [3.63, 3.8) is 0 Å². The summed E-state index contributed by atoms with van der Waals surface area (Å²) in [4.78, 5) is 36.6. The van der Waals surface area contributed by atoms with Gasteiger partial charge in [0.1, 0.15) is 6.61 Å². The molecule has 148 valence electrons. The van der Waals surface area contributed by atoms with Gasteiger partial charge in [0.25, 0.3) is 0 Å². The summed E-state index contributed by atoms with van der Waals surface area (Å²) in [5.41, 5.74) is 1.97. The van der Waals surface area contributed by atoms with Crippen molar-refractivity contribution in [1.82, 2.24) is 10.2 Å². The summed E-state index contributed by atoms with van der Waals surface area (Å²) in [5, 5.41) is 12.1. The van der Waals surface area contributed by atoms with E-state index >= 15 is 0 Å².